The van der Waals surface area contributed by atoms with E-state index < -0.39 is 0 Å². The molecule has 1 amide bonds. The maximum Gasteiger partial charge on any atom is 0.252 e. The van der Waals surface area contributed by atoms with Gasteiger partial charge in [0.15, 0.2) is 11.5 Å². The lowest BCUT2D eigenvalue weighted by Gasteiger charge is -2.14. The molecule has 0 spiro atoms. The number of carbonyl (C=O) groups is 1. The largest absolute Gasteiger partial charge is 0.493 e. The molecular formula is C27H22Cl2N2O3. The normalized spacial score (nSPS) is 10.6. The minimum absolute atomic E-state index is 0.219. The first kappa shape index (κ1) is 23.6. The zero-order chi connectivity index (χ0) is 24.1. The van der Waals surface area contributed by atoms with E-state index in [1.165, 1.54) is 0 Å². The maximum atomic E-state index is 13.4. The second-order valence-corrected chi connectivity index (χ2v) is 8.41. The summed E-state index contributed by atoms with van der Waals surface area (Å²) in [6.45, 7) is 0.318. The number of amides is 1. The van der Waals surface area contributed by atoms with Crippen molar-refractivity contribution in [2.75, 3.05) is 14.2 Å². The standard InChI is InChI=1S/C27H22Cl2N2O3/c1-33-25-8-5-17(10-26(25)34-2)15-31-27(32)24-13-18(20-11-21(28)14-22(29)12-20)6-7-23(24)19-4-3-9-30-16-19/h3-14,16H,15H2,1-2H3,(H,31,32). The Morgan fingerprint density at radius 2 is 1.62 bits per heavy atom. The van der Waals surface area contributed by atoms with Gasteiger partial charge in [0.1, 0.15) is 0 Å². The van der Waals surface area contributed by atoms with Gasteiger partial charge in [-0.1, -0.05) is 47.5 Å². The number of aromatic nitrogens is 1. The molecule has 172 valence electrons. The third-order valence-electron chi connectivity index (χ3n) is 5.33. The van der Waals surface area contributed by atoms with Crippen LogP contribution in [-0.2, 0) is 6.54 Å². The number of pyridine rings is 1. The van der Waals surface area contributed by atoms with E-state index in [0.29, 0.717) is 33.7 Å². The van der Waals surface area contributed by atoms with E-state index in [4.69, 9.17) is 32.7 Å². The number of rotatable bonds is 7. The van der Waals surface area contributed by atoms with Gasteiger partial charge in [-0.05, 0) is 64.7 Å². The third-order valence-corrected chi connectivity index (χ3v) is 5.77. The van der Waals surface area contributed by atoms with Crippen molar-refractivity contribution in [2.24, 2.45) is 0 Å². The number of ether oxygens (including phenoxy) is 2. The minimum Gasteiger partial charge on any atom is -0.493 e. The predicted molar refractivity (Wildman–Crippen MR) is 136 cm³/mol. The third kappa shape index (κ3) is 5.33. The highest BCUT2D eigenvalue weighted by Crippen LogP contribution is 2.32. The topological polar surface area (TPSA) is 60.5 Å². The van der Waals surface area contributed by atoms with Crippen LogP contribution in [0.1, 0.15) is 15.9 Å². The monoisotopic (exact) mass is 492 g/mol. The fourth-order valence-electron chi connectivity index (χ4n) is 3.67. The Hall–Kier alpha value is -3.54. The number of nitrogens with zero attached hydrogens (tertiary/aromatic N) is 1. The van der Waals surface area contributed by atoms with Crippen LogP contribution in [0.5, 0.6) is 11.5 Å². The van der Waals surface area contributed by atoms with Gasteiger partial charge in [-0.2, -0.15) is 0 Å². The number of methoxy groups -OCH3 is 2. The number of benzene rings is 3. The van der Waals surface area contributed by atoms with Crippen LogP contribution in [-0.4, -0.2) is 25.1 Å². The van der Waals surface area contributed by atoms with Gasteiger partial charge in [-0.3, -0.25) is 9.78 Å². The van der Waals surface area contributed by atoms with E-state index in [2.05, 4.69) is 10.3 Å². The molecule has 7 heteroatoms. The number of carbonyl (C=O) groups excluding carboxylic acids is 1. The molecule has 1 heterocycles. The van der Waals surface area contributed by atoms with E-state index in [1.807, 2.05) is 60.7 Å². The van der Waals surface area contributed by atoms with Gasteiger partial charge in [0.05, 0.1) is 14.2 Å². The Balaban J connectivity index is 1.68. The summed E-state index contributed by atoms with van der Waals surface area (Å²) < 4.78 is 10.6. The molecule has 1 aromatic heterocycles. The number of nitrogens with one attached hydrogen (secondary N) is 1. The molecule has 4 aromatic rings. The molecule has 0 fully saturated rings. The molecule has 0 bridgehead atoms. The van der Waals surface area contributed by atoms with Crippen molar-refractivity contribution in [1.29, 1.82) is 0 Å². The first-order chi connectivity index (χ1) is 16.5. The lowest BCUT2D eigenvalue weighted by atomic mass is 9.95. The summed E-state index contributed by atoms with van der Waals surface area (Å²) in [5.41, 5.74) is 4.66. The van der Waals surface area contributed by atoms with Crippen LogP contribution in [0.4, 0.5) is 0 Å². The highest BCUT2D eigenvalue weighted by atomic mass is 35.5. The van der Waals surface area contributed by atoms with Crippen LogP contribution >= 0.6 is 23.2 Å². The lowest BCUT2D eigenvalue weighted by Crippen LogP contribution is -2.23. The highest BCUT2D eigenvalue weighted by Gasteiger charge is 2.16. The van der Waals surface area contributed by atoms with Gasteiger partial charge in [0.2, 0.25) is 0 Å². The van der Waals surface area contributed by atoms with Gasteiger partial charge in [-0.25, -0.2) is 0 Å². The van der Waals surface area contributed by atoms with Crippen LogP contribution in [0.15, 0.2) is 79.1 Å². The van der Waals surface area contributed by atoms with Crippen LogP contribution in [0.3, 0.4) is 0 Å². The van der Waals surface area contributed by atoms with E-state index in [1.54, 1.807) is 32.7 Å². The Morgan fingerprint density at radius 3 is 2.29 bits per heavy atom. The molecule has 0 aliphatic carbocycles. The molecule has 5 nitrogen and oxygen atoms in total. The van der Waals surface area contributed by atoms with E-state index in [0.717, 1.165) is 27.8 Å². The zero-order valence-corrected chi connectivity index (χ0v) is 20.2. The Kier molecular flexibility index (Phi) is 7.36. The Bertz CT molecular complexity index is 1310. The Labute approximate surface area is 208 Å². The SMILES string of the molecule is COc1ccc(CNC(=O)c2cc(-c3cc(Cl)cc(Cl)c3)ccc2-c2cccnc2)cc1OC. The fourth-order valence-corrected chi connectivity index (χ4v) is 4.20. The van der Waals surface area contributed by atoms with Crippen molar-refractivity contribution < 1.29 is 14.3 Å². The van der Waals surface area contributed by atoms with Gasteiger partial charge in [0.25, 0.3) is 5.91 Å². The molecule has 0 atom stereocenters. The first-order valence-corrected chi connectivity index (χ1v) is 11.2. The van der Waals surface area contributed by atoms with Crippen molar-refractivity contribution >= 4 is 29.1 Å². The van der Waals surface area contributed by atoms with Crippen LogP contribution in [0.2, 0.25) is 10.0 Å². The van der Waals surface area contributed by atoms with Crippen molar-refractivity contribution in [3.05, 3.63) is 100 Å². The Morgan fingerprint density at radius 1 is 0.853 bits per heavy atom. The highest BCUT2D eigenvalue weighted by molar-refractivity contribution is 6.35. The summed E-state index contributed by atoms with van der Waals surface area (Å²) >= 11 is 12.4. The van der Waals surface area contributed by atoms with Crippen LogP contribution in [0.25, 0.3) is 22.3 Å². The second-order valence-electron chi connectivity index (χ2n) is 7.53. The molecular weight excluding hydrogens is 471 g/mol. The summed E-state index contributed by atoms with van der Waals surface area (Å²) in [7, 11) is 3.16. The predicted octanol–water partition coefficient (Wildman–Crippen LogP) is 6.67. The smallest absolute Gasteiger partial charge is 0.252 e. The summed E-state index contributed by atoms with van der Waals surface area (Å²) in [5, 5.41) is 4.06. The average molecular weight is 493 g/mol. The van der Waals surface area contributed by atoms with E-state index in [9.17, 15) is 4.79 Å². The van der Waals surface area contributed by atoms with E-state index in [-0.39, 0.29) is 5.91 Å². The molecule has 0 unspecified atom stereocenters. The molecule has 34 heavy (non-hydrogen) atoms. The van der Waals surface area contributed by atoms with E-state index >= 15 is 0 Å². The molecule has 0 radical (unpaired) electrons. The second kappa shape index (κ2) is 10.6. The van der Waals surface area contributed by atoms with Gasteiger partial charge in [0, 0.05) is 40.1 Å². The molecule has 0 saturated carbocycles. The molecule has 3 aromatic carbocycles. The number of hydrogen-bond acceptors (Lipinski definition) is 4. The number of hydrogen-bond donors (Lipinski definition) is 1. The fraction of sp³-hybridized carbons (Fsp3) is 0.111. The van der Waals surface area contributed by atoms with Crippen molar-refractivity contribution in [3.8, 4) is 33.8 Å². The quantitative estimate of drug-likeness (QED) is 0.313. The van der Waals surface area contributed by atoms with Gasteiger partial charge in [-0.15, -0.1) is 0 Å². The van der Waals surface area contributed by atoms with Crippen LogP contribution in [0, 0.1) is 0 Å². The van der Waals surface area contributed by atoms with Gasteiger partial charge >= 0.3 is 0 Å². The maximum absolute atomic E-state index is 13.4. The molecule has 0 aliphatic rings. The summed E-state index contributed by atoms with van der Waals surface area (Å²) in [6.07, 6.45) is 3.43. The van der Waals surface area contributed by atoms with Crippen molar-refractivity contribution in [1.82, 2.24) is 10.3 Å². The summed E-state index contributed by atoms with van der Waals surface area (Å²) in [5.74, 6) is 1.01. The van der Waals surface area contributed by atoms with Crippen LogP contribution < -0.4 is 14.8 Å². The summed E-state index contributed by atoms with van der Waals surface area (Å²) in [4.78, 5) is 17.6. The summed E-state index contributed by atoms with van der Waals surface area (Å²) in [6, 6.07) is 20.3. The minimum atomic E-state index is -0.219. The molecule has 0 aliphatic heterocycles. The molecule has 1 N–H and O–H groups in total. The first-order valence-electron chi connectivity index (χ1n) is 10.5. The van der Waals surface area contributed by atoms with Gasteiger partial charge < -0.3 is 14.8 Å². The lowest BCUT2D eigenvalue weighted by molar-refractivity contribution is 0.0951. The molecule has 4 rings (SSSR count). The zero-order valence-electron chi connectivity index (χ0n) is 18.6. The molecule has 0 saturated heterocycles. The average Bonchev–Trinajstić information content (AvgIpc) is 2.86. The number of halogens is 2. The van der Waals surface area contributed by atoms with Crippen molar-refractivity contribution in [2.45, 2.75) is 6.54 Å². The van der Waals surface area contributed by atoms with Crippen molar-refractivity contribution in [3.63, 3.8) is 0 Å².